The van der Waals surface area contributed by atoms with Crippen LogP contribution in [0.25, 0.3) is 5.32 Å². The third kappa shape index (κ3) is 11.5. The zero-order valence-corrected chi connectivity index (χ0v) is 11.6. The van der Waals surface area contributed by atoms with E-state index in [1.54, 1.807) is 0 Å². The Hall–Kier alpha value is 1.45. The Morgan fingerprint density at radius 2 is 1.55 bits per heavy atom. The van der Waals surface area contributed by atoms with Gasteiger partial charge in [0.25, 0.3) is 0 Å². The van der Waals surface area contributed by atoms with Crippen LogP contribution in [0.1, 0.15) is 20.8 Å². The summed E-state index contributed by atoms with van der Waals surface area (Å²) in [6, 6.07) is 0. The van der Waals surface area contributed by atoms with Crippen LogP contribution in [0.5, 0.6) is 0 Å². The van der Waals surface area contributed by atoms with Gasteiger partial charge in [0.2, 0.25) is 0 Å². The predicted octanol–water partition coefficient (Wildman–Crippen LogP) is 1.55. The van der Waals surface area contributed by atoms with Crippen molar-refractivity contribution in [2.75, 3.05) is 7.05 Å². The van der Waals surface area contributed by atoms with Crippen LogP contribution in [-0.4, -0.2) is 16.6 Å². The Morgan fingerprint density at radius 3 is 1.55 bits per heavy atom. The van der Waals surface area contributed by atoms with Gasteiger partial charge in [-0.25, -0.2) is 0 Å². The summed E-state index contributed by atoms with van der Waals surface area (Å²) in [7, 11) is 1.82. The van der Waals surface area contributed by atoms with Crippen molar-refractivity contribution in [2.45, 2.75) is 20.8 Å². The Balaban J connectivity index is -0.000000196. The molecular formula is C7H13NV3-2. The molecule has 0 heterocycles. The quantitative estimate of drug-likeness (QED) is 0.638. The molecule has 0 aromatic heterocycles. The van der Waals surface area contributed by atoms with E-state index in [2.05, 4.69) is 48.3 Å². The van der Waals surface area contributed by atoms with Gasteiger partial charge in [-0.05, 0) is 0 Å². The van der Waals surface area contributed by atoms with Crippen LogP contribution in [0.15, 0.2) is 0 Å². The van der Waals surface area contributed by atoms with Crippen molar-refractivity contribution >= 4 is 9.58 Å². The Morgan fingerprint density at radius 1 is 1.27 bits per heavy atom. The van der Waals surface area contributed by atoms with E-state index in [4.69, 9.17) is 0 Å². The first-order valence-corrected chi connectivity index (χ1v) is 4.41. The molecule has 0 rings (SSSR count). The molecule has 0 amide bonds. The van der Waals surface area contributed by atoms with E-state index in [-0.39, 0.29) is 24.0 Å². The maximum atomic E-state index is 4.44. The largest absolute Gasteiger partial charge is 0 e. The maximum Gasteiger partial charge on any atom is 0 e. The summed E-state index contributed by atoms with van der Waals surface area (Å²) in [5.41, 5.74) is 0.231. The van der Waals surface area contributed by atoms with Crippen molar-refractivity contribution in [3.63, 3.8) is 0 Å². The Labute approximate surface area is 100.0 Å². The van der Waals surface area contributed by atoms with Crippen LogP contribution < -0.4 is 0 Å². The molecule has 4 heteroatoms. The van der Waals surface area contributed by atoms with Crippen LogP contribution >= 0.6 is 0 Å². The molecule has 11 heavy (non-hydrogen) atoms. The average molecular weight is 264 g/mol. The fraction of sp³-hybridized carbons (Fsp3) is 0.714. The standard InChI is InChI=1S/C6H12N.CH.3V/c1-6(2,3)5-7-4;;;;/h1-4H3;1H;;;/q2*-1;;;. The monoisotopic (exact) mass is 264 g/mol. The van der Waals surface area contributed by atoms with Crippen molar-refractivity contribution in [1.29, 1.82) is 0 Å². The first-order chi connectivity index (χ1) is 4.48. The number of hydrogen-bond acceptors (Lipinski definition) is 0. The second-order valence-electron chi connectivity index (χ2n) is 2.80. The van der Waals surface area contributed by atoms with Gasteiger partial charge in [0, 0.05) is 18.6 Å². The van der Waals surface area contributed by atoms with Gasteiger partial charge in [-0.2, -0.15) is 0 Å². The van der Waals surface area contributed by atoms with Crippen LogP contribution in [0, 0.1) is 5.41 Å². The zero-order chi connectivity index (χ0) is 8.78. The van der Waals surface area contributed by atoms with Gasteiger partial charge in [-0.15, -0.1) is 0 Å². The summed E-state index contributed by atoms with van der Waals surface area (Å²) in [6.07, 6.45) is 0. The van der Waals surface area contributed by atoms with Crippen molar-refractivity contribution in [1.82, 2.24) is 0 Å². The summed E-state index contributed by atoms with van der Waals surface area (Å²) in [5, 5.41) is 8.49. The topological polar surface area (TPSA) is 14.1 Å². The van der Waals surface area contributed by atoms with E-state index >= 15 is 0 Å². The molecule has 0 spiro atoms. The summed E-state index contributed by atoms with van der Waals surface area (Å²) < 4.78 is 1.14. The molecule has 1 nitrogen and oxygen atoms in total. The number of hydrogen-bond donors (Lipinski definition) is 0. The Bertz CT molecular complexity index is 107. The van der Waals surface area contributed by atoms with Gasteiger partial charge in [0.15, 0.2) is 0 Å². The normalized spacial score (nSPS) is 8.55. The summed E-state index contributed by atoms with van der Waals surface area (Å²) >= 11 is 4.30. The molecule has 0 aliphatic carbocycles. The minimum atomic E-state index is 0. The second-order valence-corrected chi connectivity index (χ2v) is 3.46. The van der Waals surface area contributed by atoms with Gasteiger partial charge in [-0.1, -0.05) is 0 Å². The third-order valence-corrected chi connectivity index (χ3v) is 2.24. The van der Waals surface area contributed by atoms with Gasteiger partial charge >= 0.3 is 82.1 Å². The SMILES string of the molecule is C[N-][C](=[V])C(C)(C)C.[CH-]=[V].[V]. The number of rotatable bonds is 1. The predicted molar refractivity (Wildman–Crippen MR) is 39.8 cm³/mol. The average Bonchev–Trinajstić information content (AvgIpc) is 1.89. The van der Waals surface area contributed by atoms with Gasteiger partial charge in [-0.3, -0.25) is 0 Å². The summed E-state index contributed by atoms with van der Waals surface area (Å²) in [5.74, 6) is 0. The van der Waals surface area contributed by atoms with E-state index in [1.165, 1.54) is 0 Å². The van der Waals surface area contributed by atoms with Crippen LogP contribution in [0.2, 0.25) is 0 Å². The molecule has 0 N–H and O–H groups in total. The summed E-state index contributed by atoms with van der Waals surface area (Å²) in [6.45, 7) is 6.44. The van der Waals surface area contributed by atoms with Crippen molar-refractivity contribution in [3.05, 3.63) is 5.32 Å². The smallest absolute Gasteiger partial charge is 0 e. The maximum absolute atomic E-state index is 4.44. The van der Waals surface area contributed by atoms with Gasteiger partial charge in [0.05, 0.1) is 0 Å². The minimum Gasteiger partial charge on any atom is 0 e. The molecule has 0 atom stereocenters. The molecule has 1 radical (unpaired) electrons. The molecule has 0 bridgehead atoms. The molecule has 0 aromatic rings. The van der Waals surface area contributed by atoms with E-state index in [9.17, 15) is 0 Å². The molecule has 0 unspecified atom stereocenters. The van der Waals surface area contributed by atoms with Crippen LogP contribution in [-0.2, 0) is 52.5 Å². The molecule has 0 fully saturated rings. The summed E-state index contributed by atoms with van der Waals surface area (Å²) in [4.78, 5) is 0. The van der Waals surface area contributed by atoms with Crippen LogP contribution in [0.4, 0.5) is 0 Å². The molecule has 0 aliphatic heterocycles. The van der Waals surface area contributed by atoms with Crippen molar-refractivity contribution < 1.29 is 52.5 Å². The second kappa shape index (κ2) is 9.54. The fourth-order valence-electron chi connectivity index (χ4n) is 0.335. The van der Waals surface area contributed by atoms with Gasteiger partial charge < -0.3 is 0 Å². The van der Waals surface area contributed by atoms with Gasteiger partial charge in [0.1, 0.15) is 0 Å². The molecule has 63 valence electrons. The molecule has 0 saturated carbocycles. The third-order valence-electron chi connectivity index (χ3n) is 0.883. The van der Waals surface area contributed by atoms with Crippen molar-refractivity contribution in [2.24, 2.45) is 5.41 Å². The van der Waals surface area contributed by atoms with Crippen LogP contribution in [0.3, 0.4) is 0 Å². The zero-order valence-electron chi connectivity index (χ0n) is 7.37. The van der Waals surface area contributed by atoms with E-state index < -0.39 is 0 Å². The van der Waals surface area contributed by atoms with E-state index in [0.717, 1.165) is 4.35 Å². The van der Waals surface area contributed by atoms with Crippen molar-refractivity contribution in [3.8, 4) is 0 Å². The first-order valence-electron chi connectivity index (χ1n) is 2.90. The molecular weight excluding hydrogens is 251 g/mol. The number of nitrogens with zero attached hydrogens (tertiary/aromatic N) is 1. The Kier molecular flexibility index (Phi) is 15.9. The van der Waals surface area contributed by atoms with E-state index in [1.807, 2.05) is 24.0 Å². The molecule has 0 saturated heterocycles. The van der Waals surface area contributed by atoms with E-state index in [0.29, 0.717) is 0 Å². The molecule has 0 aromatic carbocycles. The minimum absolute atomic E-state index is 0. The fourth-order valence-corrected chi connectivity index (χ4v) is 0.335. The molecule has 0 aliphatic rings. The first kappa shape index (κ1) is 18.3.